The Morgan fingerprint density at radius 3 is 1.11 bits per heavy atom. The number of hydrogen-bond donors (Lipinski definition) is 0. The maximum Gasteiger partial charge on any atom is 0.306 e. The topological polar surface area (TPSA) is 111 Å². The van der Waals surface area contributed by atoms with Gasteiger partial charge in [0.25, 0.3) is 0 Å². The number of nitrogens with zero attached hydrogens (tertiary/aromatic N) is 1. The molecule has 0 saturated carbocycles. The predicted octanol–water partition coefficient (Wildman–Crippen LogP) is 17.2. The lowest BCUT2D eigenvalue weighted by atomic mass is 10.0. The van der Waals surface area contributed by atoms with Crippen molar-refractivity contribution in [2.24, 2.45) is 0 Å². The van der Waals surface area contributed by atoms with Gasteiger partial charge in [-0.2, -0.15) is 0 Å². The van der Waals surface area contributed by atoms with Gasteiger partial charge in [0, 0.05) is 12.8 Å². The highest BCUT2D eigenvalue weighted by Crippen LogP contribution is 2.17. The Morgan fingerprint density at radius 2 is 0.760 bits per heavy atom. The molecule has 0 heterocycles. The Labute approximate surface area is 462 Å². The zero-order valence-corrected chi connectivity index (χ0v) is 49.4. The fraction of sp³-hybridized carbons (Fsp3) is 0.773. The van der Waals surface area contributed by atoms with Gasteiger partial charge in [-0.25, -0.2) is 0 Å². The minimum Gasteiger partial charge on any atom is -0.545 e. The Bertz CT molecular complexity index is 1460. The minimum absolute atomic E-state index is 0.121. The number of rotatable bonds is 57. The molecule has 0 aliphatic carbocycles. The molecule has 0 amide bonds. The summed E-state index contributed by atoms with van der Waals surface area (Å²) in [6.07, 6.45) is 71.4. The van der Waals surface area contributed by atoms with Crippen LogP contribution in [0.4, 0.5) is 0 Å². The second-order valence-corrected chi connectivity index (χ2v) is 22.0. The Morgan fingerprint density at radius 1 is 0.413 bits per heavy atom. The van der Waals surface area contributed by atoms with E-state index in [0.29, 0.717) is 17.4 Å². The van der Waals surface area contributed by atoms with Gasteiger partial charge >= 0.3 is 11.9 Å². The molecule has 0 aliphatic heterocycles. The zero-order chi connectivity index (χ0) is 54.8. The first-order valence-corrected chi connectivity index (χ1v) is 31.1. The maximum atomic E-state index is 12.8. The van der Waals surface area contributed by atoms with Crippen molar-refractivity contribution in [3.8, 4) is 0 Å². The summed E-state index contributed by atoms with van der Waals surface area (Å²) in [4.78, 5) is 37.3. The quantitative estimate of drug-likeness (QED) is 0.0195. The van der Waals surface area contributed by atoms with Gasteiger partial charge in [-0.1, -0.05) is 279 Å². The molecule has 0 spiro atoms. The van der Waals surface area contributed by atoms with E-state index in [1.165, 1.54) is 180 Å². The molecule has 0 aromatic carbocycles. The number of ether oxygens (including phenoxy) is 4. The highest BCUT2D eigenvalue weighted by Gasteiger charge is 2.21. The highest BCUT2D eigenvalue weighted by atomic mass is 16.7. The van der Waals surface area contributed by atoms with Crippen LogP contribution in [0, 0.1) is 0 Å². The number of carbonyl (C=O) groups is 3. The fourth-order valence-electron chi connectivity index (χ4n) is 8.74. The van der Waals surface area contributed by atoms with Crippen molar-refractivity contribution in [3.05, 3.63) is 72.9 Å². The van der Waals surface area contributed by atoms with Crippen LogP contribution in [0.3, 0.4) is 0 Å². The molecule has 0 aromatic heterocycles. The van der Waals surface area contributed by atoms with Crippen LogP contribution < -0.4 is 5.11 Å². The molecule has 0 N–H and O–H groups in total. The number of unbranched alkanes of at least 4 members (excludes halogenated alkanes) is 30. The lowest BCUT2D eigenvalue weighted by Gasteiger charge is -2.26. The van der Waals surface area contributed by atoms with E-state index < -0.39 is 24.3 Å². The van der Waals surface area contributed by atoms with E-state index in [4.69, 9.17) is 18.9 Å². The molecule has 2 atom stereocenters. The molecule has 0 aromatic rings. The standard InChI is InChI=1S/C66H117NO8/c1-6-8-10-12-14-16-18-20-22-24-26-27-28-29-30-31-32-33-34-35-36-37-39-40-42-44-46-48-50-52-54-56-63(68)73-60-62(61-74-66(65(70)71)72-59-58-67(3,4)5)75-64(69)57-55-53-51-49-47-45-43-41-38-25-23-21-19-17-15-13-11-9-7-2/h9,11,15,17,21,23,38,41,45,47,51,53,62,66H,6-8,10,12-14,16,18-20,22,24-37,39-40,42-44,46,48-50,52,54-61H2,1-5H3/b11-9-,17-15-,23-21-,41-38-,47-45-,53-51-. The van der Waals surface area contributed by atoms with Crippen LogP contribution in [0.2, 0.25) is 0 Å². The van der Waals surface area contributed by atoms with Crippen LogP contribution in [0.1, 0.15) is 271 Å². The van der Waals surface area contributed by atoms with E-state index in [-0.39, 0.29) is 38.6 Å². The van der Waals surface area contributed by atoms with Crippen LogP contribution in [-0.2, 0) is 33.3 Å². The smallest absolute Gasteiger partial charge is 0.306 e. The van der Waals surface area contributed by atoms with Crippen LogP contribution in [-0.4, -0.2) is 82.3 Å². The van der Waals surface area contributed by atoms with Crippen molar-refractivity contribution < 1.29 is 42.9 Å². The number of carboxylic acid groups (broad SMARTS) is 1. The van der Waals surface area contributed by atoms with E-state index in [9.17, 15) is 19.5 Å². The Balaban J connectivity index is 4.17. The number of likely N-dealkylation sites (N-methyl/N-ethyl adjacent to an activating group) is 1. The summed E-state index contributed by atoms with van der Waals surface area (Å²) < 4.78 is 22.6. The molecule has 0 saturated heterocycles. The summed E-state index contributed by atoms with van der Waals surface area (Å²) in [5.74, 6) is -2.39. The average Bonchev–Trinajstić information content (AvgIpc) is 3.38. The number of esters is 2. The van der Waals surface area contributed by atoms with E-state index in [0.717, 1.165) is 57.8 Å². The van der Waals surface area contributed by atoms with Gasteiger partial charge in [0.15, 0.2) is 12.4 Å². The molecular weight excluding hydrogens is 935 g/mol. The van der Waals surface area contributed by atoms with Gasteiger partial charge in [0.2, 0.25) is 0 Å². The SMILES string of the molecule is CC/C=C\C/C=C\C/C=C\C/C=C\C/C=C\C/C=C\CCC(=O)OC(COC(=O)CCCCCCCCCCCCCCCCCCCCCCCCCCCCCCCCC)COC(OCC[N+](C)(C)C)C(=O)[O-]. The summed E-state index contributed by atoms with van der Waals surface area (Å²) in [5, 5.41) is 11.8. The zero-order valence-electron chi connectivity index (χ0n) is 49.4. The highest BCUT2D eigenvalue weighted by molar-refractivity contribution is 5.70. The molecular formula is C66H117NO8. The summed E-state index contributed by atoms with van der Waals surface area (Å²) in [7, 11) is 5.90. The van der Waals surface area contributed by atoms with Crippen molar-refractivity contribution >= 4 is 17.9 Å². The van der Waals surface area contributed by atoms with Gasteiger partial charge in [0.1, 0.15) is 13.2 Å². The van der Waals surface area contributed by atoms with Crippen molar-refractivity contribution in [1.82, 2.24) is 0 Å². The van der Waals surface area contributed by atoms with Crippen LogP contribution in [0.15, 0.2) is 72.9 Å². The number of allylic oxidation sites excluding steroid dienone is 12. The second-order valence-electron chi connectivity index (χ2n) is 22.0. The first kappa shape index (κ1) is 71.7. The van der Waals surface area contributed by atoms with Crippen LogP contribution in [0.25, 0.3) is 0 Å². The van der Waals surface area contributed by atoms with Crippen molar-refractivity contribution in [2.45, 2.75) is 283 Å². The molecule has 0 aliphatic rings. The molecule has 9 heteroatoms. The lowest BCUT2D eigenvalue weighted by molar-refractivity contribution is -0.870. The van der Waals surface area contributed by atoms with E-state index in [2.05, 4.69) is 74.6 Å². The third-order valence-electron chi connectivity index (χ3n) is 13.5. The van der Waals surface area contributed by atoms with E-state index in [1.807, 2.05) is 33.3 Å². The molecule has 2 unspecified atom stereocenters. The minimum atomic E-state index is -1.64. The number of quaternary nitrogens is 1. The number of hydrogen-bond acceptors (Lipinski definition) is 8. The third kappa shape index (κ3) is 58.3. The summed E-state index contributed by atoms with van der Waals surface area (Å²) in [5.41, 5.74) is 0. The lowest BCUT2D eigenvalue weighted by Crippen LogP contribution is -2.44. The first-order valence-electron chi connectivity index (χ1n) is 31.1. The number of aliphatic carboxylic acids is 1. The summed E-state index contributed by atoms with van der Waals surface area (Å²) >= 11 is 0. The van der Waals surface area contributed by atoms with Gasteiger partial charge in [-0.15, -0.1) is 0 Å². The van der Waals surface area contributed by atoms with Gasteiger partial charge in [-0.3, -0.25) is 9.59 Å². The molecule has 9 nitrogen and oxygen atoms in total. The number of carboxylic acids is 1. The summed E-state index contributed by atoms with van der Waals surface area (Å²) in [6, 6.07) is 0. The molecule has 0 radical (unpaired) electrons. The van der Waals surface area contributed by atoms with E-state index >= 15 is 0 Å². The third-order valence-corrected chi connectivity index (χ3v) is 13.5. The molecule has 0 fully saturated rings. The largest absolute Gasteiger partial charge is 0.545 e. The Kier molecular flexibility index (Phi) is 54.4. The van der Waals surface area contributed by atoms with Gasteiger partial charge in [0.05, 0.1) is 40.3 Å². The van der Waals surface area contributed by atoms with Crippen LogP contribution >= 0.6 is 0 Å². The fourth-order valence-corrected chi connectivity index (χ4v) is 8.74. The second kappa shape index (κ2) is 56.9. The van der Waals surface area contributed by atoms with Gasteiger partial charge in [-0.05, 0) is 51.4 Å². The van der Waals surface area contributed by atoms with Crippen molar-refractivity contribution in [2.75, 3.05) is 47.5 Å². The molecule has 0 bridgehead atoms. The van der Waals surface area contributed by atoms with Gasteiger partial charge < -0.3 is 33.3 Å². The average molecular weight is 1050 g/mol. The predicted molar refractivity (Wildman–Crippen MR) is 315 cm³/mol. The number of carbonyl (C=O) groups excluding carboxylic acids is 3. The van der Waals surface area contributed by atoms with E-state index in [1.54, 1.807) is 0 Å². The Hall–Kier alpha value is -3.27. The molecule has 75 heavy (non-hydrogen) atoms. The molecule has 0 rings (SSSR count). The molecule has 434 valence electrons. The summed E-state index contributed by atoms with van der Waals surface area (Å²) in [6.45, 7) is 4.57. The normalized spacial score (nSPS) is 13.2. The van der Waals surface area contributed by atoms with Crippen molar-refractivity contribution in [3.63, 3.8) is 0 Å². The van der Waals surface area contributed by atoms with Crippen molar-refractivity contribution in [1.29, 1.82) is 0 Å². The maximum absolute atomic E-state index is 12.8. The monoisotopic (exact) mass is 1050 g/mol. The van der Waals surface area contributed by atoms with Crippen LogP contribution in [0.5, 0.6) is 0 Å². The first-order chi connectivity index (χ1) is 36.6.